The van der Waals surface area contributed by atoms with Gasteiger partial charge in [0.2, 0.25) is 0 Å². The van der Waals surface area contributed by atoms with Gasteiger partial charge in [-0.15, -0.1) is 0 Å². The van der Waals surface area contributed by atoms with Crippen LogP contribution in [0, 0.1) is 0 Å². The minimum Gasteiger partial charge on any atom is -0.376 e. The van der Waals surface area contributed by atoms with E-state index < -0.39 is 0 Å². The molecule has 0 radical (unpaired) electrons. The molecular formula is C12H25NO4. The Kier molecular flexibility index (Phi) is 8.56. The van der Waals surface area contributed by atoms with E-state index >= 15 is 0 Å². The number of rotatable bonds is 9. The van der Waals surface area contributed by atoms with Gasteiger partial charge in [-0.2, -0.15) is 0 Å². The number of hydrogen-bond acceptors (Lipinski definition) is 5. The van der Waals surface area contributed by atoms with Gasteiger partial charge in [-0.1, -0.05) is 0 Å². The van der Waals surface area contributed by atoms with Crippen molar-refractivity contribution < 1.29 is 18.9 Å². The van der Waals surface area contributed by atoms with Crippen molar-refractivity contribution >= 4 is 0 Å². The van der Waals surface area contributed by atoms with Crippen LogP contribution in [0.2, 0.25) is 0 Å². The standard InChI is InChI=1S/C12H25NO4/c1-3-15-12(16-4-2)5-6-13-9-11-10-14-7-8-17-11/h11-13H,3-10H2,1-2H3. The second-order valence-corrected chi connectivity index (χ2v) is 3.90. The van der Waals surface area contributed by atoms with E-state index in [0.29, 0.717) is 33.0 Å². The summed E-state index contributed by atoms with van der Waals surface area (Å²) < 4.78 is 21.8. The molecule has 0 spiro atoms. The summed E-state index contributed by atoms with van der Waals surface area (Å²) in [6.07, 6.45) is 0.942. The maximum Gasteiger partial charge on any atom is 0.158 e. The van der Waals surface area contributed by atoms with Crippen molar-refractivity contribution in [3.05, 3.63) is 0 Å². The highest BCUT2D eigenvalue weighted by Gasteiger charge is 2.14. The smallest absolute Gasteiger partial charge is 0.158 e. The van der Waals surface area contributed by atoms with Gasteiger partial charge < -0.3 is 24.3 Å². The summed E-state index contributed by atoms with van der Waals surface area (Å²) >= 11 is 0. The molecule has 0 aromatic rings. The number of ether oxygens (including phenoxy) is 4. The molecule has 1 heterocycles. The van der Waals surface area contributed by atoms with Gasteiger partial charge in [0.25, 0.3) is 0 Å². The third-order valence-corrected chi connectivity index (χ3v) is 2.52. The summed E-state index contributed by atoms with van der Waals surface area (Å²) in [5.74, 6) is 0. The molecule has 0 bridgehead atoms. The minimum absolute atomic E-state index is 0.0963. The predicted molar refractivity (Wildman–Crippen MR) is 65.1 cm³/mol. The molecule has 102 valence electrons. The lowest BCUT2D eigenvalue weighted by atomic mass is 10.3. The summed E-state index contributed by atoms with van der Waals surface area (Å²) in [5.41, 5.74) is 0. The fraction of sp³-hybridized carbons (Fsp3) is 1.00. The van der Waals surface area contributed by atoms with E-state index in [4.69, 9.17) is 18.9 Å². The van der Waals surface area contributed by atoms with E-state index in [2.05, 4.69) is 5.32 Å². The van der Waals surface area contributed by atoms with Gasteiger partial charge in [0.1, 0.15) is 0 Å². The van der Waals surface area contributed by atoms with Crippen LogP contribution in [0.5, 0.6) is 0 Å². The van der Waals surface area contributed by atoms with Crippen LogP contribution >= 0.6 is 0 Å². The fourth-order valence-corrected chi connectivity index (χ4v) is 1.72. The molecule has 5 heteroatoms. The molecule has 1 aliphatic heterocycles. The highest BCUT2D eigenvalue weighted by Crippen LogP contribution is 2.01. The highest BCUT2D eigenvalue weighted by atomic mass is 16.7. The zero-order valence-corrected chi connectivity index (χ0v) is 10.9. The molecule has 0 aromatic heterocycles. The van der Waals surface area contributed by atoms with Crippen molar-refractivity contribution in [1.82, 2.24) is 5.32 Å². The average molecular weight is 247 g/mol. The molecule has 1 aliphatic rings. The van der Waals surface area contributed by atoms with Crippen molar-refractivity contribution in [2.45, 2.75) is 32.7 Å². The van der Waals surface area contributed by atoms with Crippen LogP contribution in [0.4, 0.5) is 0 Å². The maximum atomic E-state index is 5.53. The second kappa shape index (κ2) is 9.79. The molecule has 0 aromatic carbocycles. The Balaban J connectivity index is 2.00. The van der Waals surface area contributed by atoms with Gasteiger partial charge >= 0.3 is 0 Å². The van der Waals surface area contributed by atoms with Crippen molar-refractivity contribution in [2.75, 3.05) is 46.1 Å². The van der Waals surface area contributed by atoms with Gasteiger partial charge in [-0.05, 0) is 13.8 Å². The molecule has 1 N–H and O–H groups in total. The number of nitrogens with one attached hydrogen (secondary N) is 1. The van der Waals surface area contributed by atoms with Gasteiger partial charge in [0, 0.05) is 32.7 Å². The molecule has 0 amide bonds. The van der Waals surface area contributed by atoms with Crippen molar-refractivity contribution in [3.8, 4) is 0 Å². The first kappa shape index (κ1) is 14.9. The van der Waals surface area contributed by atoms with Crippen LogP contribution in [-0.2, 0) is 18.9 Å². The summed E-state index contributed by atoms with van der Waals surface area (Å²) in [5, 5.41) is 3.34. The normalized spacial score (nSPS) is 21.0. The molecular weight excluding hydrogens is 222 g/mol. The maximum absolute atomic E-state index is 5.53. The Morgan fingerprint density at radius 3 is 2.59 bits per heavy atom. The Hall–Kier alpha value is -0.200. The quantitative estimate of drug-likeness (QED) is 0.482. The summed E-state index contributed by atoms with van der Waals surface area (Å²) in [7, 11) is 0. The SMILES string of the molecule is CCOC(CCNCC1COCCO1)OCC. The molecule has 0 saturated carbocycles. The van der Waals surface area contributed by atoms with Crippen molar-refractivity contribution in [3.63, 3.8) is 0 Å². The molecule has 1 unspecified atom stereocenters. The Morgan fingerprint density at radius 2 is 2.00 bits per heavy atom. The van der Waals surface area contributed by atoms with E-state index in [1.807, 2.05) is 13.8 Å². The molecule has 1 atom stereocenters. The van der Waals surface area contributed by atoms with Gasteiger partial charge in [0.05, 0.1) is 25.9 Å². The third-order valence-electron chi connectivity index (χ3n) is 2.52. The lowest BCUT2D eigenvalue weighted by Crippen LogP contribution is -2.38. The lowest BCUT2D eigenvalue weighted by molar-refractivity contribution is -0.139. The van der Waals surface area contributed by atoms with Crippen LogP contribution in [0.1, 0.15) is 20.3 Å². The highest BCUT2D eigenvalue weighted by molar-refractivity contribution is 4.64. The van der Waals surface area contributed by atoms with Crippen LogP contribution < -0.4 is 5.32 Å². The average Bonchev–Trinajstić information content (AvgIpc) is 2.36. The molecule has 17 heavy (non-hydrogen) atoms. The van der Waals surface area contributed by atoms with Gasteiger partial charge in [0.15, 0.2) is 6.29 Å². The summed E-state index contributed by atoms with van der Waals surface area (Å²) in [6, 6.07) is 0. The van der Waals surface area contributed by atoms with Crippen LogP contribution in [0.3, 0.4) is 0 Å². The van der Waals surface area contributed by atoms with Gasteiger partial charge in [-0.25, -0.2) is 0 Å². The van der Waals surface area contributed by atoms with Crippen molar-refractivity contribution in [1.29, 1.82) is 0 Å². The van der Waals surface area contributed by atoms with Crippen LogP contribution in [-0.4, -0.2) is 58.5 Å². The monoisotopic (exact) mass is 247 g/mol. The lowest BCUT2D eigenvalue weighted by Gasteiger charge is -2.23. The fourth-order valence-electron chi connectivity index (χ4n) is 1.72. The van der Waals surface area contributed by atoms with Gasteiger partial charge in [-0.3, -0.25) is 0 Å². The first-order valence-electron chi connectivity index (χ1n) is 6.50. The molecule has 0 aliphatic carbocycles. The zero-order chi connectivity index (χ0) is 12.3. The largest absolute Gasteiger partial charge is 0.376 e. The minimum atomic E-state index is -0.0963. The van der Waals surface area contributed by atoms with Crippen LogP contribution in [0.25, 0.3) is 0 Å². The van der Waals surface area contributed by atoms with E-state index in [0.717, 1.165) is 19.5 Å². The van der Waals surface area contributed by atoms with E-state index in [9.17, 15) is 0 Å². The second-order valence-electron chi connectivity index (χ2n) is 3.90. The zero-order valence-electron chi connectivity index (χ0n) is 10.9. The Bertz CT molecular complexity index is 168. The molecule has 1 fully saturated rings. The van der Waals surface area contributed by atoms with E-state index in [1.54, 1.807) is 0 Å². The topological polar surface area (TPSA) is 49.0 Å². The predicted octanol–water partition coefficient (Wildman–Crippen LogP) is 0.781. The summed E-state index contributed by atoms with van der Waals surface area (Å²) in [6.45, 7) is 9.12. The molecule has 1 rings (SSSR count). The summed E-state index contributed by atoms with van der Waals surface area (Å²) in [4.78, 5) is 0. The van der Waals surface area contributed by atoms with E-state index in [1.165, 1.54) is 0 Å². The first-order valence-corrected chi connectivity index (χ1v) is 6.50. The van der Waals surface area contributed by atoms with Crippen LogP contribution in [0.15, 0.2) is 0 Å². The molecule has 5 nitrogen and oxygen atoms in total. The third kappa shape index (κ3) is 6.95. The van der Waals surface area contributed by atoms with Crippen molar-refractivity contribution in [2.24, 2.45) is 0 Å². The Labute approximate surface area is 104 Å². The Morgan fingerprint density at radius 1 is 1.24 bits per heavy atom. The van der Waals surface area contributed by atoms with E-state index in [-0.39, 0.29) is 12.4 Å². The molecule has 1 saturated heterocycles. The number of hydrogen-bond donors (Lipinski definition) is 1. The first-order chi connectivity index (χ1) is 8.36.